The van der Waals surface area contributed by atoms with Gasteiger partial charge in [-0.15, -0.1) is 0 Å². The summed E-state index contributed by atoms with van der Waals surface area (Å²) in [5.41, 5.74) is 0.425. The van der Waals surface area contributed by atoms with Gasteiger partial charge in [0.1, 0.15) is 10.6 Å². The number of hydrogen-bond acceptors (Lipinski definition) is 5. The van der Waals surface area contributed by atoms with Crippen LogP contribution in [0.3, 0.4) is 0 Å². The predicted octanol–water partition coefficient (Wildman–Crippen LogP) is 1.20. The fourth-order valence-corrected chi connectivity index (χ4v) is 5.13. The summed E-state index contributed by atoms with van der Waals surface area (Å²) in [5, 5.41) is 3.73. The molecule has 2 atom stereocenters. The Balaban J connectivity index is 1.80. The van der Waals surface area contributed by atoms with Gasteiger partial charge in [0.25, 0.3) is 0 Å². The molecule has 0 aromatic carbocycles. The summed E-state index contributed by atoms with van der Waals surface area (Å²) in [6.07, 6.45) is 4.37. The summed E-state index contributed by atoms with van der Waals surface area (Å²) in [6, 6.07) is 0.355. The van der Waals surface area contributed by atoms with Crippen molar-refractivity contribution >= 4 is 10.0 Å². The smallest absolute Gasteiger partial charge is 0.246 e. The van der Waals surface area contributed by atoms with Crippen LogP contribution in [0.15, 0.2) is 9.42 Å². The quantitative estimate of drug-likeness (QED) is 0.907. The Morgan fingerprint density at radius 1 is 1.25 bits per heavy atom. The van der Waals surface area contributed by atoms with Gasteiger partial charge in [-0.2, -0.15) is 0 Å². The van der Waals surface area contributed by atoms with E-state index in [2.05, 4.69) is 14.8 Å². The van der Waals surface area contributed by atoms with E-state index >= 15 is 0 Å². The SMILES string of the molecule is Cc1noc(C)c1S(=O)(=O)NC1CCN2CCCCC12. The average Bonchev–Trinajstić information content (AvgIpc) is 2.94. The minimum absolute atomic E-state index is 0.00833. The molecular weight excluding hydrogens is 278 g/mol. The van der Waals surface area contributed by atoms with Crippen LogP contribution in [0, 0.1) is 13.8 Å². The van der Waals surface area contributed by atoms with Gasteiger partial charge in [0, 0.05) is 18.6 Å². The highest BCUT2D eigenvalue weighted by molar-refractivity contribution is 7.89. The highest BCUT2D eigenvalue weighted by Crippen LogP contribution is 2.29. The zero-order chi connectivity index (χ0) is 14.3. The molecule has 0 aliphatic carbocycles. The molecule has 0 spiro atoms. The number of hydrogen-bond donors (Lipinski definition) is 1. The van der Waals surface area contributed by atoms with Gasteiger partial charge in [0.05, 0.1) is 0 Å². The van der Waals surface area contributed by atoms with Gasteiger partial charge in [0.2, 0.25) is 10.0 Å². The second kappa shape index (κ2) is 5.13. The van der Waals surface area contributed by atoms with Crippen molar-refractivity contribution in [3.63, 3.8) is 0 Å². The van der Waals surface area contributed by atoms with Crippen LogP contribution >= 0.6 is 0 Å². The molecule has 3 rings (SSSR count). The highest BCUT2D eigenvalue weighted by atomic mass is 32.2. The van der Waals surface area contributed by atoms with Crippen LogP contribution in [-0.4, -0.2) is 43.6 Å². The molecule has 2 aliphatic rings. The number of piperidine rings is 1. The minimum atomic E-state index is -3.55. The van der Waals surface area contributed by atoms with Crippen molar-refractivity contribution in [2.45, 2.75) is 56.5 Å². The number of rotatable bonds is 3. The topological polar surface area (TPSA) is 75.4 Å². The number of aryl methyl sites for hydroxylation is 2. The van der Waals surface area contributed by atoms with E-state index in [1.54, 1.807) is 13.8 Å². The fourth-order valence-electron chi connectivity index (χ4n) is 3.50. The molecule has 2 saturated heterocycles. The van der Waals surface area contributed by atoms with E-state index in [9.17, 15) is 8.42 Å². The van der Waals surface area contributed by atoms with E-state index < -0.39 is 10.0 Å². The lowest BCUT2D eigenvalue weighted by molar-refractivity contribution is 0.186. The van der Waals surface area contributed by atoms with Crippen LogP contribution in [0.5, 0.6) is 0 Å². The molecule has 112 valence electrons. The minimum Gasteiger partial charge on any atom is -0.360 e. The molecule has 1 aromatic heterocycles. The van der Waals surface area contributed by atoms with Crippen LogP contribution in [0.1, 0.15) is 37.1 Å². The van der Waals surface area contributed by atoms with E-state index in [0.717, 1.165) is 25.9 Å². The molecule has 0 saturated carbocycles. The Kier molecular flexibility index (Phi) is 3.60. The third kappa shape index (κ3) is 2.38. The maximum Gasteiger partial charge on any atom is 0.246 e. The number of aromatic nitrogens is 1. The van der Waals surface area contributed by atoms with Crippen molar-refractivity contribution in [2.75, 3.05) is 13.1 Å². The molecule has 3 heterocycles. The average molecular weight is 299 g/mol. The first-order valence-corrected chi connectivity index (χ1v) is 8.66. The maximum atomic E-state index is 12.5. The number of fused-ring (bicyclic) bond motifs is 1. The Labute approximate surface area is 119 Å². The van der Waals surface area contributed by atoms with Gasteiger partial charge in [0.15, 0.2) is 5.76 Å². The lowest BCUT2D eigenvalue weighted by Crippen LogP contribution is -2.46. The van der Waals surface area contributed by atoms with Gasteiger partial charge in [-0.3, -0.25) is 4.90 Å². The van der Waals surface area contributed by atoms with Crippen molar-refractivity contribution in [1.82, 2.24) is 14.8 Å². The standard InChI is InChI=1S/C13H21N3O3S/c1-9-13(10(2)19-14-9)20(17,18)15-11-6-8-16-7-4-3-5-12(11)16/h11-12,15H,3-8H2,1-2H3. The third-order valence-electron chi connectivity index (χ3n) is 4.40. The molecule has 2 aliphatic heterocycles. The van der Waals surface area contributed by atoms with E-state index in [-0.39, 0.29) is 10.9 Å². The number of nitrogens with one attached hydrogen (secondary N) is 1. The Morgan fingerprint density at radius 3 is 2.75 bits per heavy atom. The van der Waals surface area contributed by atoms with Crippen molar-refractivity contribution in [2.24, 2.45) is 0 Å². The second-order valence-electron chi connectivity index (χ2n) is 5.77. The van der Waals surface area contributed by atoms with Crippen LogP contribution in [-0.2, 0) is 10.0 Å². The second-order valence-corrected chi connectivity index (χ2v) is 7.42. The largest absolute Gasteiger partial charge is 0.360 e. The number of sulfonamides is 1. The van der Waals surface area contributed by atoms with E-state index in [1.165, 1.54) is 12.8 Å². The molecule has 1 aromatic rings. The molecule has 0 amide bonds. The van der Waals surface area contributed by atoms with Gasteiger partial charge in [-0.05, 0) is 39.7 Å². The third-order valence-corrected chi connectivity index (χ3v) is 6.13. The summed E-state index contributed by atoms with van der Waals surface area (Å²) in [5.74, 6) is 0.355. The molecule has 2 unspecified atom stereocenters. The summed E-state index contributed by atoms with van der Waals surface area (Å²) < 4.78 is 32.9. The van der Waals surface area contributed by atoms with Crippen LogP contribution in [0.25, 0.3) is 0 Å². The van der Waals surface area contributed by atoms with Crippen molar-refractivity contribution in [3.05, 3.63) is 11.5 Å². The zero-order valence-corrected chi connectivity index (χ0v) is 12.7. The first-order chi connectivity index (χ1) is 9.49. The van der Waals surface area contributed by atoms with Crippen molar-refractivity contribution in [1.29, 1.82) is 0 Å². The predicted molar refractivity (Wildman–Crippen MR) is 73.9 cm³/mol. The Bertz CT molecular complexity index is 577. The summed E-state index contributed by atoms with van der Waals surface area (Å²) >= 11 is 0. The fraction of sp³-hybridized carbons (Fsp3) is 0.769. The molecule has 6 nitrogen and oxygen atoms in total. The highest BCUT2D eigenvalue weighted by Gasteiger charge is 2.38. The first kappa shape index (κ1) is 14.0. The summed E-state index contributed by atoms with van der Waals surface area (Å²) in [4.78, 5) is 2.61. The first-order valence-electron chi connectivity index (χ1n) is 7.18. The van der Waals surface area contributed by atoms with Gasteiger partial charge in [-0.25, -0.2) is 13.1 Å². The maximum absolute atomic E-state index is 12.5. The van der Waals surface area contributed by atoms with Gasteiger partial charge >= 0.3 is 0 Å². The summed E-state index contributed by atoms with van der Waals surface area (Å²) in [6.45, 7) is 5.37. The lowest BCUT2D eigenvalue weighted by Gasteiger charge is -2.32. The van der Waals surface area contributed by atoms with Crippen LogP contribution in [0.4, 0.5) is 0 Å². The van der Waals surface area contributed by atoms with Crippen LogP contribution < -0.4 is 4.72 Å². The van der Waals surface area contributed by atoms with E-state index in [4.69, 9.17) is 4.52 Å². The molecule has 7 heteroatoms. The molecule has 20 heavy (non-hydrogen) atoms. The van der Waals surface area contributed by atoms with E-state index in [0.29, 0.717) is 17.5 Å². The van der Waals surface area contributed by atoms with Crippen LogP contribution in [0.2, 0.25) is 0 Å². The van der Waals surface area contributed by atoms with Crippen molar-refractivity contribution in [3.8, 4) is 0 Å². The monoisotopic (exact) mass is 299 g/mol. The number of nitrogens with zero attached hydrogens (tertiary/aromatic N) is 2. The molecule has 2 fully saturated rings. The molecule has 1 N–H and O–H groups in total. The molecule has 0 bridgehead atoms. The Hall–Kier alpha value is -0.920. The zero-order valence-electron chi connectivity index (χ0n) is 11.9. The van der Waals surface area contributed by atoms with E-state index in [1.807, 2.05) is 0 Å². The normalized spacial score (nSPS) is 27.7. The van der Waals surface area contributed by atoms with Gasteiger partial charge < -0.3 is 4.52 Å². The molecule has 0 radical (unpaired) electrons. The molecular formula is C13H21N3O3S. The van der Waals surface area contributed by atoms with Crippen molar-refractivity contribution < 1.29 is 12.9 Å². The van der Waals surface area contributed by atoms with Gasteiger partial charge in [-0.1, -0.05) is 11.6 Å². The summed E-state index contributed by atoms with van der Waals surface area (Å²) in [7, 11) is -3.55. The lowest BCUT2D eigenvalue weighted by atomic mass is 10.00. The Morgan fingerprint density at radius 2 is 2.05 bits per heavy atom.